The smallest absolute Gasteiger partial charge is 0.213 e. The van der Waals surface area contributed by atoms with Crippen LogP contribution in [0.3, 0.4) is 0 Å². The molecular formula is C7H15NO3S. The lowest BCUT2D eigenvalue weighted by Crippen LogP contribution is -2.29. The van der Waals surface area contributed by atoms with Crippen molar-refractivity contribution in [2.75, 3.05) is 18.9 Å². The Morgan fingerprint density at radius 2 is 2.17 bits per heavy atom. The molecule has 0 aromatic heterocycles. The Morgan fingerprint density at radius 1 is 1.58 bits per heavy atom. The maximum Gasteiger partial charge on any atom is 0.213 e. The molecule has 0 spiro atoms. The first-order valence-electron chi connectivity index (χ1n) is 4.13. The molecule has 0 aliphatic heterocycles. The third kappa shape index (κ3) is 3.08. The average molecular weight is 193 g/mol. The highest BCUT2D eigenvalue weighted by molar-refractivity contribution is 7.89. The largest absolute Gasteiger partial charge is 0.395 e. The van der Waals surface area contributed by atoms with Crippen molar-refractivity contribution in [1.29, 1.82) is 0 Å². The van der Waals surface area contributed by atoms with E-state index in [1.54, 1.807) is 0 Å². The van der Waals surface area contributed by atoms with Gasteiger partial charge in [-0.2, -0.15) is 0 Å². The number of aliphatic hydroxyl groups is 1. The van der Waals surface area contributed by atoms with E-state index < -0.39 is 10.0 Å². The van der Waals surface area contributed by atoms with E-state index >= 15 is 0 Å². The molecule has 1 saturated carbocycles. The fourth-order valence-electron chi connectivity index (χ4n) is 1.11. The molecule has 1 fully saturated rings. The lowest BCUT2D eigenvalue weighted by Gasteiger charge is -2.03. The van der Waals surface area contributed by atoms with Crippen LogP contribution in [0.1, 0.15) is 13.3 Å². The molecule has 0 bridgehead atoms. The van der Waals surface area contributed by atoms with Gasteiger partial charge in [0.1, 0.15) is 0 Å². The summed E-state index contributed by atoms with van der Waals surface area (Å²) in [6.07, 6.45) is 1.11. The highest BCUT2D eigenvalue weighted by Gasteiger charge is 2.32. The molecule has 0 aromatic carbocycles. The molecule has 1 rings (SSSR count). The van der Waals surface area contributed by atoms with Crippen LogP contribution in [0.2, 0.25) is 0 Å². The Morgan fingerprint density at radius 3 is 2.58 bits per heavy atom. The third-order valence-electron chi connectivity index (χ3n) is 2.20. The lowest BCUT2D eigenvalue weighted by atomic mass is 10.3. The van der Waals surface area contributed by atoms with Gasteiger partial charge in [-0.1, -0.05) is 6.92 Å². The van der Waals surface area contributed by atoms with Gasteiger partial charge in [0.05, 0.1) is 12.4 Å². The van der Waals surface area contributed by atoms with E-state index in [2.05, 4.69) is 11.6 Å². The summed E-state index contributed by atoms with van der Waals surface area (Å²) in [6, 6.07) is 0. The molecule has 1 aliphatic rings. The molecule has 12 heavy (non-hydrogen) atoms. The minimum absolute atomic E-state index is 0.186. The topological polar surface area (TPSA) is 66.4 Å². The number of hydrogen-bond donors (Lipinski definition) is 2. The summed E-state index contributed by atoms with van der Waals surface area (Å²) in [6.45, 7) is 2.32. The molecule has 0 radical (unpaired) electrons. The van der Waals surface area contributed by atoms with Crippen LogP contribution in [-0.4, -0.2) is 32.4 Å². The number of sulfonamides is 1. The number of rotatable bonds is 5. The Hall–Kier alpha value is -0.130. The van der Waals surface area contributed by atoms with E-state index in [1.165, 1.54) is 0 Å². The number of nitrogens with one attached hydrogen (secondary N) is 1. The van der Waals surface area contributed by atoms with E-state index in [1.807, 2.05) is 0 Å². The van der Waals surface area contributed by atoms with Gasteiger partial charge in [0.15, 0.2) is 0 Å². The molecule has 5 heteroatoms. The van der Waals surface area contributed by atoms with Crippen LogP contribution in [-0.2, 0) is 10.0 Å². The maximum absolute atomic E-state index is 11.0. The zero-order chi connectivity index (χ0) is 9.19. The number of aliphatic hydroxyl groups excluding tert-OH is 1. The number of hydrogen-bond acceptors (Lipinski definition) is 3. The monoisotopic (exact) mass is 193 g/mol. The van der Waals surface area contributed by atoms with Crippen molar-refractivity contribution in [1.82, 2.24) is 4.72 Å². The SMILES string of the molecule is CC1CC1CNS(=O)(=O)CCO. The van der Waals surface area contributed by atoms with Crippen LogP contribution in [0.5, 0.6) is 0 Å². The van der Waals surface area contributed by atoms with Crippen molar-refractivity contribution < 1.29 is 13.5 Å². The van der Waals surface area contributed by atoms with Crippen LogP contribution >= 0.6 is 0 Å². The summed E-state index contributed by atoms with van der Waals surface area (Å²) < 4.78 is 24.5. The van der Waals surface area contributed by atoms with E-state index in [-0.39, 0.29) is 12.4 Å². The summed E-state index contributed by atoms with van der Waals surface area (Å²) >= 11 is 0. The molecule has 0 aromatic rings. The van der Waals surface area contributed by atoms with Gasteiger partial charge in [-0.3, -0.25) is 0 Å². The predicted octanol–water partition coefficient (Wildman–Crippen LogP) is -0.446. The summed E-state index contributed by atoms with van der Waals surface area (Å²) in [5.74, 6) is 0.981. The fraction of sp³-hybridized carbons (Fsp3) is 1.00. The quantitative estimate of drug-likeness (QED) is 0.621. The average Bonchev–Trinajstić information content (AvgIpc) is 2.63. The Labute approximate surface area is 73.0 Å². The zero-order valence-electron chi connectivity index (χ0n) is 7.16. The third-order valence-corrected chi connectivity index (χ3v) is 3.53. The maximum atomic E-state index is 11.0. The molecule has 2 N–H and O–H groups in total. The summed E-state index contributed by atoms with van der Waals surface area (Å²) in [4.78, 5) is 0. The van der Waals surface area contributed by atoms with Crippen LogP contribution in [0.4, 0.5) is 0 Å². The fourth-order valence-corrected chi connectivity index (χ4v) is 1.96. The van der Waals surface area contributed by atoms with Crippen molar-refractivity contribution >= 4 is 10.0 Å². The second-order valence-electron chi connectivity index (χ2n) is 3.36. The van der Waals surface area contributed by atoms with Gasteiger partial charge >= 0.3 is 0 Å². The van der Waals surface area contributed by atoms with Crippen molar-refractivity contribution in [3.8, 4) is 0 Å². The minimum Gasteiger partial charge on any atom is -0.395 e. The highest BCUT2D eigenvalue weighted by Crippen LogP contribution is 2.36. The normalized spacial score (nSPS) is 28.8. The van der Waals surface area contributed by atoms with Crippen LogP contribution in [0.15, 0.2) is 0 Å². The molecule has 0 saturated heterocycles. The standard InChI is InChI=1S/C7H15NO3S/c1-6-4-7(6)5-8-12(10,11)3-2-9/h6-9H,2-5H2,1H3. The van der Waals surface area contributed by atoms with Crippen molar-refractivity contribution in [3.63, 3.8) is 0 Å². The lowest BCUT2D eigenvalue weighted by molar-refractivity contribution is 0.319. The van der Waals surface area contributed by atoms with Crippen LogP contribution in [0, 0.1) is 11.8 Å². The van der Waals surface area contributed by atoms with Gasteiger partial charge in [0.2, 0.25) is 10.0 Å². The predicted molar refractivity (Wildman–Crippen MR) is 46.1 cm³/mol. The molecule has 4 nitrogen and oxygen atoms in total. The van der Waals surface area contributed by atoms with Crippen LogP contribution in [0.25, 0.3) is 0 Å². The van der Waals surface area contributed by atoms with Gasteiger partial charge < -0.3 is 5.11 Å². The molecule has 72 valence electrons. The first-order valence-corrected chi connectivity index (χ1v) is 5.78. The molecule has 2 atom stereocenters. The Kier molecular flexibility index (Phi) is 3.09. The van der Waals surface area contributed by atoms with Gasteiger partial charge in [0.25, 0.3) is 0 Å². The van der Waals surface area contributed by atoms with E-state index in [4.69, 9.17) is 5.11 Å². The summed E-state index contributed by atoms with van der Waals surface area (Å²) in [5, 5.41) is 8.42. The summed E-state index contributed by atoms with van der Waals surface area (Å²) in [7, 11) is -3.21. The van der Waals surface area contributed by atoms with E-state index in [0.29, 0.717) is 18.4 Å². The first-order chi connectivity index (χ1) is 5.55. The van der Waals surface area contributed by atoms with Gasteiger partial charge in [0, 0.05) is 6.54 Å². The van der Waals surface area contributed by atoms with E-state index in [0.717, 1.165) is 6.42 Å². The van der Waals surface area contributed by atoms with Gasteiger partial charge in [-0.05, 0) is 18.3 Å². The van der Waals surface area contributed by atoms with Crippen molar-refractivity contribution in [2.24, 2.45) is 11.8 Å². The molecule has 0 heterocycles. The van der Waals surface area contributed by atoms with Crippen molar-refractivity contribution in [2.45, 2.75) is 13.3 Å². The zero-order valence-corrected chi connectivity index (χ0v) is 7.97. The molecule has 2 unspecified atom stereocenters. The molecule has 0 amide bonds. The van der Waals surface area contributed by atoms with Crippen LogP contribution < -0.4 is 4.72 Å². The Balaban J connectivity index is 2.21. The van der Waals surface area contributed by atoms with Crippen molar-refractivity contribution in [3.05, 3.63) is 0 Å². The minimum atomic E-state index is -3.21. The second-order valence-corrected chi connectivity index (χ2v) is 5.29. The second kappa shape index (κ2) is 3.72. The highest BCUT2D eigenvalue weighted by atomic mass is 32.2. The molecular weight excluding hydrogens is 178 g/mol. The summed E-state index contributed by atoms with van der Waals surface area (Å²) in [5.41, 5.74) is 0. The van der Waals surface area contributed by atoms with Gasteiger partial charge in [-0.25, -0.2) is 13.1 Å². The Bertz CT molecular complexity index is 237. The van der Waals surface area contributed by atoms with E-state index in [9.17, 15) is 8.42 Å². The van der Waals surface area contributed by atoms with Gasteiger partial charge in [-0.15, -0.1) is 0 Å². The molecule has 1 aliphatic carbocycles. The first kappa shape index (κ1) is 9.95.